The van der Waals surface area contributed by atoms with E-state index in [1.54, 1.807) is 6.20 Å². The SMILES string of the molecule is CCOC1CCN(c2ncc(N)cc2Br)CC1. The quantitative estimate of drug-likeness (QED) is 0.931. The third-order valence-electron chi connectivity index (χ3n) is 2.99. The molecule has 0 bridgehead atoms. The molecule has 2 N–H and O–H groups in total. The van der Waals surface area contributed by atoms with Crippen LogP contribution < -0.4 is 10.6 Å². The predicted molar refractivity (Wildman–Crippen MR) is 73.2 cm³/mol. The summed E-state index contributed by atoms with van der Waals surface area (Å²) in [6.07, 6.45) is 4.23. The summed E-state index contributed by atoms with van der Waals surface area (Å²) in [6, 6.07) is 1.90. The largest absolute Gasteiger partial charge is 0.397 e. The Hall–Kier alpha value is -0.810. The van der Waals surface area contributed by atoms with Crippen molar-refractivity contribution in [2.45, 2.75) is 25.9 Å². The molecule has 0 spiro atoms. The van der Waals surface area contributed by atoms with E-state index in [2.05, 4.69) is 25.8 Å². The molecule has 1 aliphatic rings. The number of hydrogen-bond acceptors (Lipinski definition) is 4. The fourth-order valence-electron chi connectivity index (χ4n) is 2.15. The summed E-state index contributed by atoms with van der Waals surface area (Å²) in [5, 5.41) is 0. The van der Waals surface area contributed by atoms with Crippen LogP contribution in [0.3, 0.4) is 0 Å². The Balaban J connectivity index is 2.00. The maximum absolute atomic E-state index is 5.69. The van der Waals surface area contributed by atoms with Crippen molar-refractivity contribution < 1.29 is 4.74 Å². The monoisotopic (exact) mass is 299 g/mol. The molecule has 1 saturated heterocycles. The Morgan fingerprint density at radius 3 is 2.82 bits per heavy atom. The molecule has 0 unspecified atom stereocenters. The van der Waals surface area contributed by atoms with Crippen LogP contribution >= 0.6 is 15.9 Å². The molecular formula is C12H18BrN3O. The second kappa shape index (κ2) is 5.69. The molecule has 1 aromatic heterocycles. The van der Waals surface area contributed by atoms with Gasteiger partial charge in [-0.3, -0.25) is 0 Å². The lowest BCUT2D eigenvalue weighted by molar-refractivity contribution is 0.0458. The van der Waals surface area contributed by atoms with Gasteiger partial charge >= 0.3 is 0 Å². The number of nitrogens with zero attached hydrogens (tertiary/aromatic N) is 2. The zero-order valence-corrected chi connectivity index (χ0v) is 11.6. The fraction of sp³-hybridized carbons (Fsp3) is 0.583. The van der Waals surface area contributed by atoms with E-state index in [4.69, 9.17) is 10.5 Å². The summed E-state index contributed by atoms with van der Waals surface area (Å²) in [7, 11) is 0. The lowest BCUT2D eigenvalue weighted by atomic mass is 10.1. The highest BCUT2D eigenvalue weighted by Crippen LogP contribution is 2.28. The number of anilines is 2. The van der Waals surface area contributed by atoms with E-state index >= 15 is 0 Å². The molecule has 0 radical (unpaired) electrons. The van der Waals surface area contributed by atoms with Crippen molar-refractivity contribution in [3.05, 3.63) is 16.7 Å². The first kappa shape index (κ1) is 12.6. The van der Waals surface area contributed by atoms with Crippen LogP contribution in [0, 0.1) is 0 Å². The normalized spacial score (nSPS) is 17.4. The zero-order valence-electron chi connectivity index (χ0n) is 10.0. The summed E-state index contributed by atoms with van der Waals surface area (Å²) >= 11 is 3.51. The number of aromatic nitrogens is 1. The van der Waals surface area contributed by atoms with Gasteiger partial charge in [-0.2, -0.15) is 0 Å². The maximum atomic E-state index is 5.69. The second-order valence-electron chi connectivity index (χ2n) is 4.22. The van der Waals surface area contributed by atoms with E-state index in [0.717, 1.165) is 42.8 Å². The highest BCUT2D eigenvalue weighted by Gasteiger charge is 2.21. The van der Waals surface area contributed by atoms with Crippen molar-refractivity contribution in [1.82, 2.24) is 4.98 Å². The van der Waals surface area contributed by atoms with Crippen LogP contribution in [0.15, 0.2) is 16.7 Å². The van der Waals surface area contributed by atoms with Crippen LogP contribution in [-0.2, 0) is 4.74 Å². The molecule has 94 valence electrons. The topological polar surface area (TPSA) is 51.4 Å². The molecule has 0 aromatic carbocycles. The number of pyridine rings is 1. The van der Waals surface area contributed by atoms with E-state index < -0.39 is 0 Å². The van der Waals surface area contributed by atoms with Crippen LogP contribution in [0.25, 0.3) is 0 Å². The minimum Gasteiger partial charge on any atom is -0.397 e. The van der Waals surface area contributed by atoms with Gasteiger partial charge in [0.2, 0.25) is 0 Å². The summed E-state index contributed by atoms with van der Waals surface area (Å²) in [4.78, 5) is 6.66. The second-order valence-corrected chi connectivity index (χ2v) is 5.07. The molecule has 4 nitrogen and oxygen atoms in total. The average molecular weight is 300 g/mol. The third kappa shape index (κ3) is 3.10. The molecule has 17 heavy (non-hydrogen) atoms. The highest BCUT2D eigenvalue weighted by molar-refractivity contribution is 9.10. The van der Waals surface area contributed by atoms with Crippen molar-refractivity contribution in [3.8, 4) is 0 Å². The zero-order chi connectivity index (χ0) is 12.3. The first-order chi connectivity index (χ1) is 8.20. The molecule has 1 aliphatic heterocycles. The van der Waals surface area contributed by atoms with Crippen molar-refractivity contribution >= 4 is 27.4 Å². The predicted octanol–water partition coefficient (Wildman–Crippen LogP) is 2.43. The number of nitrogen functional groups attached to an aromatic ring is 1. The summed E-state index contributed by atoms with van der Waals surface area (Å²) < 4.78 is 6.60. The standard InChI is InChI=1S/C12H18BrN3O/c1-2-17-10-3-5-16(6-4-10)12-11(13)7-9(14)8-15-12/h7-8,10H,2-6,14H2,1H3. The van der Waals surface area contributed by atoms with E-state index in [1.165, 1.54) is 0 Å². The smallest absolute Gasteiger partial charge is 0.143 e. The number of piperidine rings is 1. The minimum atomic E-state index is 0.406. The Morgan fingerprint density at radius 1 is 1.53 bits per heavy atom. The Labute approximate surface area is 110 Å². The van der Waals surface area contributed by atoms with E-state index in [9.17, 15) is 0 Å². The van der Waals surface area contributed by atoms with E-state index in [0.29, 0.717) is 11.8 Å². The summed E-state index contributed by atoms with van der Waals surface area (Å²) in [5.41, 5.74) is 6.37. The van der Waals surface area contributed by atoms with Crippen LogP contribution in [0.4, 0.5) is 11.5 Å². The van der Waals surface area contributed by atoms with Gasteiger partial charge in [0.15, 0.2) is 0 Å². The molecule has 1 fully saturated rings. The first-order valence-corrected chi connectivity index (χ1v) is 6.77. The molecule has 2 heterocycles. The molecule has 5 heteroatoms. The molecule has 0 aliphatic carbocycles. The fourth-order valence-corrected chi connectivity index (χ4v) is 2.77. The Morgan fingerprint density at radius 2 is 2.24 bits per heavy atom. The summed E-state index contributed by atoms with van der Waals surface area (Å²) in [5.74, 6) is 0.981. The molecule has 1 aromatic rings. The van der Waals surface area contributed by atoms with Gasteiger partial charge in [0.05, 0.1) is 22.5 Å². The van der Waals surface area contributed by atoms with Crippen LogP contribution in [-0.4, -0.2) is 30.8 Å². The van der Waals surface area contributed by atoms with Crippen molar-refractivity contribution in [2.75, 3.05) is 30.3 Å². The van der Waals surface area contributed by atoms with Crippen LogP contribution in [0.2, 0.25) is 0 Å². The van der Waals surface area contributed by atoms with Gasteiger partial charge in [0.25, 0.3) is 0 Å². The first-order valence-electron chi connectivity index (χ1n) is 5.98. The maximum Gasteiger partial charge on any atom is 0.143 e. The molecule has 0 saturated carbocycles. The lowest BCUT2D eigenvalue weighted by Gasteiger charge is -2.33. The van der Waals surface area contributed by atoms with Gasteiger partial charge in [-0.15, -0.1) is 0 Å². The average Bonchev–Trinajstić information content (AvgIpc) is 2.31. The third-order valence-corrected chi connectivity index (χ3v) is 3.57. The Kier molecular flexibility index (Phi) is 4.23. The van der Waals surface area contributed by atoms with Gasteiger partial charge in [-0.05, 0) is 41.8 Å². The van der Waals surface area contributed by atoms with Crippen LogP contribution in [0.5, 0.6) is 0 Å². The number of halogens is 1. The van der Waals surface area contributed by atoms with Crippen LogP contribution in [0.1, 0.15) is 19.8 Å². The van der Waals surface area contributed by atoms with E-state index in [-0.39, 0.29) is 0 Å². The molecule has 0 amide bonds. The molecular weight excluding hydrogens is 282 g/mol. The number of hydrogen-bond donors (Lipinski definition) is 1. The Bertz CT molecular complexity index is 378. The molecule has 0 atom stereocenters. The van der Waals surface area contributed by atoms with E-state index in [1.807, 2.05) is 13.0 Å². The lowest BCUT2D eigenvalue weighted by Crippen LogP contribution is -2.37. The van der Waals surface area contributed by atoms with Crippen molar-refractivity contribution in [2.24, 2.45) is 0 Å². The van der Waals surface area contributed by atoms with Gasteiger partial charge in [-0.25, -0.2) is 4.98 Å². The van der Waals surface area contributed by atoms with Gasteiger partial charge < -0.3 is 15.4 Å². The number of nitrogens with two attached hydrogens (primary N) is 1. The number of rotatable bonds is 3. The van der Waals surface area contributed by atoms with Crippen molar-refractivity contribution in [3.63, 3.8) is 0 Å². The van der Waals surface area contributed by atoms with Crippen molar-refractivity contribution in [1.29, 1.82) is 0 Å². The van der Waals surface area contributed by atoms with Gasteiger partial charge in [0.1, 0.15) is 5.82 Å². The van der Waals surface area contributed by atoms with Gasteiger partial charge in [0, 0.05) is 19.7 Å². The summed E-state index contributed by atoms with van der Waals surface area (Å²) in [6.45, 7) is 4.82. The molecule has 2 rings (SSSR count). The number of ether oxygens (including phenoxy) is 1. The minimum absolute atomic E-state index is 0.406. The highest BCUT2D eigenvalue weighted by atomic mass is 79.9. The van der Waals surface area contributed by atoms with Gasteiger partial charge in [-0.1, -0.05) is 0 Å².